The van der Waals surface area contributed by atoms with Crippen LogP contribution in [-0.4, -0.2) is 21.3 Å². The highest BCUT2D eigenvalue weighted by atomic mass is 79.9. The molecule has 0 fully saturated rings. The second kappa shape index (κ2) is 4.78. The Balaban J connectivity index is 2.44. The van der Waals surface area contributed by atoms with Crippen molar-refractivity contribution in [3.63, 3.8) is 0 Å². The molecule has 2 rings (SSSR count). The summed E-state index contributed by atoms with van der Waals surface area (Å²) in [7, 11) is 0. The molecular weight excluding hydrogens is 270 g/mol. The van der Waals surface area contributed by atoms with Gasteiger partial charge in [0.05, 0.1) is 30.9 Å². The summed E-state index contributed by atoms with van der Waals surface area (Å²) in [4.78, 5) is 4.05. The van der Waals surface area contributed by atoms with Crippen LogP contribution >= 0.6 is 15.9 Å². The van der Waals surface area contributed by atoms with E-state index in [1.165, 1.54) is 0 Å². The molecule has 0 aliphatic heterocycles. The van der Waals surface area contributed by atoms with E-state index < -0.39 is 6.04 Å². The van der Waals surface area contributed by atoms with Gasteiger partial charge in [-0.15, -0.1) is 0 Å². The molecule has 1 unspecified atom stereocenters. The van der Waals surface area contributed by atoms with E-state index in [-0.39, 0.29) is 6.61 Å². The number of aliphatic hydroxyl groups excluding tert-OH is 1. The van der Waals surface area contributed by atoms with Gasteiger partial charge in [-0.3, -0.25) is 0 Å². The number of hydrogen-bond donors (Lipinski definition) is 2. The van der Waals surface area contributed by atoms with E-state index in [0.717, 1.165) is 15.9 Å². The second-order valence-electron chi connectivity index (χ2n) is 3.46. The normalized spacial score (nSPS) is 12.7. The Kier molecular flexibility index (Phi) is 3.38. The lowest BCUT2D eigenvalue weighted by Crippen LogP contribution is -2.18. The molecule has 2 aromatic rings. The van der Waals surface area contributed by atoms with Crippen molar-refractivity contribution < 1.29 is 5.11 Å². The first-order chi connectivity index (χ1) is 7.72. The number of nitrogens with zero attached hydrogens (tertiary/aromatic N) is 2. The fourth-order valence-electron chi connectivity index (χ4n) is 1.51. The van der Waals surface area contributed by atoms with Gasteiger partial charge < -0.3 is 15.4 Å². The second-order valence-corrected chi connectivity index (χ2v) is 4.37. The van der Waals surface area contributed by atoms with Crippen LogP contribution in [0.4, 0.5) is 0 Å². The average Bonchev–Trinajstić information content (AvgIpc) is 2.77. The van der Waals surface area contributed by atoms with Crippen molar-refractivity contribution in [1.82, 2.24) is 9.55 Å². The van der Waals surface area contributed by atoms with Gasteiger partial charge in [0, 0.05) is 10.2 Å². The van der Waals surface area contributed by atoms with Crippen LogP contribution in [0.1, 0.15) is 11.7 Å². The molecule has 1 atom stereocenters. The molecule has 0 spiro atoms. The van der Waals surface area contributed by atoms with Gasteiger partial charge in [0.15, 0.2) is 0 Å². The van der Waals surface area contributed by atoms with Gasteiger partial charge >= 0.3 is 0 Å². The Morgan fingerprint density at radius 3 is 3.00 bits per heavy atom. The Bertz CT molecular complexity index is 484. The molecule has 5 heteroatoms. The number of halogens is 1. The Hall–Kier alpha value is -1.17. The summed E-state index contributed by atoms with van der Waals surface area (Å²) in [5.74, 6) is 0. The average molecular weight is 282 g/mol. The Labute approximate surface area is 102 Å². The van der Waals surface area contributed by atoms with E-state index >= 15 is 0 Å². The number of hydrogen-bond acceptors (Lipinski definition) is 3. The van der Waals surface area contributed by atoms with Crippen LogP contribution in [-0.2, 0) is 0 Å². The predicted molar refractivity (Wildman–Crippen MR) is 65.3 cm³/mol. The number of imidazole rings is 1. The summed E-state index contributed by atoms with van der Waals surface area (Å²) in [6, 6.07) is 7.40. The van der Waals surface area contributed by atoms with Crippen LogP contribution in [0.25, 0.3) is 5.69 Å². The van der Waals surface area contributed by atoms with Gasteiger partial charge in [0.25, 0.3) is 0 Å². The number of aromatic nitrogens is 2. The number of benzene rings is 1. The molecular formula is C11H12BrN3O. The lowest BCUT2D eigenvalue weighted by atomic mass is 10.2. The molecule has 0 saturated carbocycles. The van der Waals surface area contributed by atoms with Crippen LogP contribution < -0.4 is 5.73 Å². The van der Waals surface area contributed by atoms with Crippen molar-refractivity contribution in [1.29, 1.82) is 0 Å². The maximum atomic E-state index is 9.06. The summed E-state index contributed by atoms with van der Waals surface area (Å²) < 4.78 is 2.85. The van der Waals surface area contributed by atoms with E-state index in [0.29, 0.717) is 0 Å². The van der Waals surface area contributed by atoms with Gasteiger partial charge in [0.1, 0.15) is 0 Å². The zero-order valence-electron chi connectivity index (χ0n) is 8.55. The highest BCUT2D eigenvalue weighted by Crippen LogP contribution is 2.19. The molecule has 3 N–H and O–H groups in total. The summed E-state index contributed by atoms with van der Waals surface area (Å²) in [6.07, 6.45) is 3.36. The van der Waals surface area contributed by atoms with Gasteiger partial charge in [-0.1, -0.05) is 22.0 Å². The molecule has 0 radical (unpaired) electrons. The van der Waals surface area contributed by atoms with E-state index in [2.05, 4.69) is 20.9 Å². The maximum absolute atomic E-state index is 9.06. The summed E-state index contributed by atoms with van der Waals surface area (Å²) in [5, 5.41) is 9.06. The van der Waals surface area contributed by atoms with Crippen molar-refractivity contribution >= 4 is 15.9 Å². The van der Waals surface area contributed by atoms with Crippen molar-refractivity contribution in [2.45, 2.75) is 6.04 Å². The minimum absolute atomic E-state index is 0.0975. The number of rotatable bonds is 3. The van der Waals surface area contributed by atoms with Gasteiger partial charge in [-0.05, 0) is 18.2 Å². The SMILES string of the molecule is NC(CO)c1cncn1-c1cccc(Br)c1. The zero-order chi connectivity index (χ0) is 11.5. The van der Waals surface area contributed by atoms with Crippen LogP contribution in [0, 0.1) is 0 Å². The molecule has 1 aromatic carbocycles. The first kappa shape index (κ1) is 11.3. The summed E-state index contributed by atoms with van der Waals surface area (Å²) in [6.45, 7) is -0.0975. The van der Waals surface area contributed by atoms with Gasteiger partial charge in [-0.25, -0.2) is 4.98 Å². The van der Waals surface area contributed by atoms with Crippen molar-refractivity contribution in [2.75, 3.05) is 6.61 Å². The highest BCUT2D eigenvalue weighted by Gasteiger charge is 2.11. The highest BCUT2D eigenvalue weighted by molar-refractivity contribution is 9.10. The Morgan fingerprint density at radius 1 is 1.50 bits per heavy atom. The molecule has 0 bridgehead atoms. The largest absolute Gasteiger partial charge is 0.394 e. The summed E-state index contributed by atoms with van der Waals surface area (Å²) in [5.41, 5.74) is 7.55. The maximum Gasteiger partial charge on any atom is 0.0994 e. The van der Waals surface area contributed by atoms with Crippen molar-refractivity contribution in [3.05, 3.63) is 47.0 Å². The lowest BCUT2D eigenvalue weighted by molar-refractivity contribution is 0.265. The minimum Gasteiger partial charge on any atom is -0.394 e. The van der Waals surface area contributed by atoms with E-state index in [1.54, 1.807) is 12.5 Å². The van der Waals surface area contributed by atoms with Gasteiger partial charge in [0.2, 0.25) is 0 Å². The molecule has 84 valence electrons. The zero-order valence-corrected chi connectivity index (χ0v) is 10.1. The lowest BCUT2D eigenvalue weighted by Gasteiger charge is -2.12. The van der Waals surface area contributed by atoms with Gasteiger partial charge in [-0.2, -0.15) is 0 Å². The molecule has 0 aliphatic carbocycles. The van der Waals surface area contributed by atoms with E-state index in [1.807, 2.05) is 28.8 Å². The van der Waals surface area contributed by atoms with Crippen LogP contribution in [0.5, 0.6) is 0 Å². The van der Waals surface area contributed by atoms with Crippen molar-refractivity contribution in [3.8, 4) is 5.69 Å². The Morgan fingerprint density at radius 2 is 2.31 bits per heavy atom. The molecule has 0 amide bonds. The number of nitrogens with two attached hydrogens (primary N) is 1. The molecule has 1 aromatic heterocycles. The van der Waals surface area contributed by atoms with Crippen LogP contribution in [0.3, 0.4) is 0 Å². The number of aliphatic hydroxyl groups is 1. The first-order valence-corrected chi connectivity index (χ1v) is 5.66. The molecule has 4 nitrogen and oxygen atoms in total. The van der Waals surface area contributed by atoms with E-state index in [4.69, 9.17) is 10.8 Å². The third-order valence-corrected chi connectivity index (χ3v) is 2.82. The quantitative estimate of drug-likeness (QED) is 0.899. The van der Waals surface area contributed by atoms with Crippen LogP contribution in [0.2, 0.25) is 0 Å². The minimum atomic E-state index is -0.415. The fourth-order valence-corrected chi connectivity index (χ4v) is 1.90. The molecule has 0 aliphatic rings. The predicted octanol–water partition coefficient (Wildman–Crippen LogP) is 1.63. The molecule has 1 heterocycles. The third-order valence-electron chi connectivity index (χ3n) is 2.33. The topological polar surface area (TPSA) is 64.1 Å². The molecule has 16 heavy (non-hydrogen) atoms. The monoisotopic (exact) mass is 281 g/mol. The standard InChI is InChI=1S/C11H12BrN3O/c12-8-2-1-3-9(4-8)15-7-14-5-11(15)10(13)6-16/h1-5,7,10,16H,6,13H2. The third kappa shape index (κ3) is 2.16. The van der Waals surface area contributed by atoms with E-state index in [9.17, 15) is 0 Å². The molecule has 0 saturated heterocycles. The summed E-state index contributed by atoms with van der Waals surface area (Å²) >= 11 is 3.41. The first-order valence-electron chi connectivity index (χ1n) is 4.87. The smallest absolute Gasteiger partial charge is 0.0994 e. The van der Waals surface area contributed by atoms with Crippen molar-refractivity contribution in [2.24, 2.45) is 5.73 Å². The van der Waals surface area contributed by atoms with Crippen LogP contribution in [0.15, 0.2) is 41.3 Å². The fraction of sp³-hybridized carbons (Fsp3) is 0.182.